The topological polar surface area (TPSA) is 153 Å². The maximum atomic E-state index is 14.4. The Hall–Kier alpha value is -4.32. The Balaban J connectivity index is 1.93. The van der Waals surface area contributed by atoms with Gasteiger partial charge in [0.15, 0.2) is 5.69 Å². The second-order valence-corrected chi connectivity index (χ2v) is 10.9. The van der Waals surface area contributed by atoms with Crippen LogP contribution in [-0.2, 0) is 4.79 Å². The molecule has 11 nitrogen and oxygen atoms in total. The molecule has 0 radical (unpaired) electrons. The molecule has 3 aromatic rings. The molecule has 0 unspecified atom stereocenters. The molecule has 3 amide bonds. The van der Waals surface area contributed by atoms with Crippen molar-refractivity contribution < 1.29 is 23.9 Å². The maximum Gasteiger partial charge on any atom is 0.273 e. The van der Waals surface area contributed by atoms with Crippen molar-refractivity contribution in [2.45, 2.75) is 44.2 Å². The predicted octanol–water partition coefficient (Wildman–Crippen LogP) is 3.74. The summed E-state index contributed by atoms with van der Waals surface area (Å²) in [5.74, 6) is -1.07. The van der Waals surface area contributed by atoms with Gasteiger partial charge in [-0.2, -0.15) is 4.37 Å². The molecule has 0 saturated heterocycles. The third-order valence-corrected chi connectivity index (χ3v) is 8.05. The van der Waals surface area contributed by atoms with Gasteiger partial charge in [0, 0.05) is 31.9 Å². The molecule has 218 valence electrons. The first-order chi connectivity index (χ1) is 19.7. The molecule has 1 heterocycles. The van der Waals surface area contributed by atoms with Crippen LogP contribution < -0.4 is 36.1 Å². The van der Waals surface area contributed by atoms with Gasteiger partial charge < -0.3 is 31.2 Å². The second kappa shape index (κ2) is 12.9. The van der Waals surface area contributed by atoms with E-state index in [-0.39, 0.29) is 33.9 Å². The van der Waals surface area contributed by atoms with Gasteiger partial charge in [0.1, 0.15) is 22.4 Å². The zero-order chi connectivity index (χ0) is 29.7. The molecule has 0 bridgehead atoms. The lowest BCUT2D eigenvalue weighted by Crippen LogP contribution is -2.47. The fourth-order valence-electron chi connectivity index (χ4n) is 4.99. The third-order valence-electron chi connectivity index (χ3n) is 7.20. The highest BCUT2D eigenvalue weighted by Gasteiger charge is 2.38. The first-order valence-corrected chi connectivity index (χ1v) is 14.1. The van der Waals surface area contributed by atoms with E-state index in [1.165, 1.54) is 19.1 Å². The number of hydrogen-bond acceptors (Lipinski definition) is 9. The average molecular weight is 581 g/mol. The monoisotopic (exact) mass is 580 g/mol. The molecule has 1 aliphatic rings. The Morgan fingerprint density at radius 2 is 1.71 bits per heavy atom. The summed E-state index contributed by atoms with van der Waals surface area (Å²) in [7, 11) is 6.82. The van der Waals surface area contributed by atoms with Gasteiger partial charge in [0.25, 0.3) is 11.8 Å². The number of carbonyl (C=O) groups is 3. The van der Waals surface area contributed by atoms with E-state index < -0.39 is 17.9 Å². The van der Waals surface area contributed by atoms with Gasteiger partial charge in [-0.05, 0) is 54.2 Å². The number of amides is 3. The standard InChI is InChI=1S/C29H36N6O5S/c1-34(2)19-12-10-17(11-13-19)25(28(37)32-18-8-6-5-7-9-18)35(21-16-20(39-3)14-15-22(21)40-4)29(38)26-23(30)24(27(31)36)33-41-26/h10-16,18,25H,5-9,30H2,1-4H3,(H2,31,36)(H,32,37)/t25-/m0/s1. The van der Waals surface area contributed by atoms with Crippen LogP contribution in [-0.4, -0.2) is 56.5 Å². The fourth-order valence-corrected chi connectivity index (χ4v) is 5.73. The van der Waals surface area contributed by atoms with Crippen LogP contribution in [0.3, 0.4) is 0 Å². The number of carbonyl (C=O) groups excluding carboxylic acids is 3. The molecule has 12 heteroatoms. The van der Waals surface area contributed by atoms with Crippen LogP contribution in [0.25, 0.3) is 0 Å². The molecule has 0 spiro atoms. The number of hydrogen-bond donors (Lipinski definition) is 3. The van der Waals surface area contributed by atoms with Gasteiger partial charge >= 0.3 is 0 Å². The van der Waals surface area contributed by atoms with Gasteiger partial charge in [-0.3, -0.25) is 19.3 Å². The van der Waals surface area contributed by atoms with Gasteiger partial charge in [-0.15, -0.1) is 0 Å². The first-order valence-electron chi connectivity index (χ1n) is 13.3. The Labute approximate surface area is 243 Å². The molecule has 1 atom stereocenters. The van der Waals surface area contributed by atoms with Crippen molar-refractivity contribution in [3.05, 3.63) is 58.6 Å². The van der Waals surface area contributed by atoms with Gasteiger partial charge in [-0.1, -0.05) is 31.4 Å². The van der Waals surface area contributed by atoms with Crippen molar-refractivity contribution in [2.75, 3.05) is 43.8 Å². The highest BCUT2D eigenvalue weighted by Crippen LogP contribution is 2.40. The number of benzene rings is 2. The van der Waals surface area contributed by atoms with Gasteiger partial charge in [-0.25, -0.2) is 0 Å². The number of rotatable bonds is 10. The molecule has 1 fully saturated rings. The van der Waals surface area contributed by atoms with Crippen LogP contribution in [0.2, 0.25) is 0 Å². The van der Waals surface area contributed by atoms with Crippen LogP contribution >= 0.6 is 11.5 Å². The summed E-state index contributed by atoms with van der Waals surface area (Å²) < 4.78 is 15.1. The number of anilines is 3. The van der Waals surface area contributed by atoms with Crippen molar-refractivity contribution in [3.8, 4) is 11.5 Å². The molecule has 4 rings (SSSR count). The van der Waals surface area contributed by atoms with Crippen LogP contribution in [0.4, 0.5) is 17.1 Å². The lowest BCUT2D eigenvalue weighted by molar-refractivity contribution is -0.123. The average Bonchev–Trinajstić information content (AvgIpc) is 3.37. The largest absolute Gasteiger partial charge is 0.497 e. The summed E-state index contributed by atoms with van der Waals surface area (Å²) in [4.78, 5) is 43.8. The van der Waals surface area contributed by atoms with E-state index in [4.69, 9.17) is 20.9 Å². The molecule has 41 heavy (non-hydrogen) atoms. The van der Waals surface area contributed by atoms with Gasteiger partial charge in [0.05, 0.1) is 25.6 Å². The molecular weight excluding hydrogens is 544 g/mol. The van der Waals surface area contributed by atoms with Crippen molar-refractivity contribution in [1.82, 2.24) is 9.69 Å². The minimum Gasteiger partial charge on any atom is -0.497 e. The number of primary amides is 1. The fraction of sp³-hybridized carbons (Fsp3) is 0.379. The Morgan fingerprint density at radius 1 is 1.02 bits per heavy atom. The summed E-state index contributed by atoms with van der Waals surface area (Å²) >= 11 is 0.748. The molecule has 1 saturated carbocycles. The van der Waals surface area contributed by atoms with E-state index >= 15 is 0 Å². The van der Waals surface area contributed by atoms with Gasteiger partial charge in [0.2, 0.25) is 5.91 Å². The second-order valence-electron chi connectivity index (χ2n) is 10.1. The normalized spacial score (nSPS) is 14.1. The van der Waals surface area contributed by atoms with E-state index in [0.717, 1.165) is 49.3 Å². The zero-order valence-electron chi connectivity index (χ0n) is 23.7. The smallest absolute Gasteiger partial charge is 0.273 e. The zero-order valence-corrected chi connectivity index (χ0v) is 24.5. The molecule has 2 aromatic carbocycles. The lowest BCUT2D eigenvalue weighted by Gasteiger charge is -2.34. The number of nitrogen functional groups attached to an aromatic ring is 1. The van der Waals surface area contributed by atoms with Crippen LogP contribution in [0.1, 0.15) is 63.9 Å². The molecule has 5 N–H and O–H groups in total. The number of ether oxygens (including phenoxy) is 2. The quantitative estimate of drug-likeness (QED) is 0.328. The number of nitrogens with two attached hydrogens (primary N) is 2. The molecule has 0 aliphatic heterocycles. The highest BCUT2D eigenvalue weighted by molar-refractivity contribution is 7.09. The minimum absolute atomic E-state index is 0.0149. The van der Waals surface area contributed by atoms with Crippen LogP contribution in [0.15, 0.2) is 42.5 Å². The summed E-state index contributed by atoms with van der Waals surface area (Å²) in [6, 6.07) is 11.2. The molecular formula is C29H36N6O5S. The SMILES string of the molecule is COc1ccc(OC)c(N(C(=O)c2snc(C(N)=O)c2N)[C@H](C(=O)NC2CCCCC2)c2ccc(N(C)C)cc2)c1. The van der Waals surface area contributed by atoms with Crippen LogP contribution in [0, 0.1) is 0 Å². The lowest BCUT2D eigenvalue weighted by atomic mass is 9.94. The number of nitrogens with one attached hydrogen (secondary N) is 1. The Bertz CT molecular complexity index is 1400. The third kappa shape index (κ3) is 6.37. The number of methoxy groups -OCH3 is 2. The summed E-state index contributed by atoms with van der Waals surface area (Å²) in [5.41, 5.74) is 13.1. The van der Waals surface area contributed by atoms with Crippen LogP contribution in [0.5, 0.6) is 11.5 Å². The number of aromatic nitrogens is 1. The minimum atomic E-state index is -1.12. The first kappa shape index (κ1) is 29.7. The maximum absolute atomic E-state index is 14.4. The summed E-state index contributed by atoms with van der Waals surface area (Å²) in [6.07, 6.45) is 4.89. The summed E-state index contributed by atoms with van der Waals surface area (Å²) in [6.45, 7) is 0. The van der Waals surface area contributed by atoms with Crippen molar-refractivity contribution >= 4 is 46.3 Å². The van der Waals surface area contributed by atoms with E-state index in [9.17, 15) is 14.4 Å². The Kier molecular flexibility index (Phi) is 9.33. The predicted molar refractivity (Wildman–Crippen MR) is 160 cm³/mol. The Morgan fingerprint density at radius 3 is 2.27 bits per heavy atom. The van der Waals surface area contributed by atoms with E-state index in [1.54, 1.807) is 18.2 Å². The van der Waals surface area contributed by atoms with E-state index in [0.29, 0.717) is 17.1 Å². The number of nitrogens with zero attached hydrogens (tertiary/aromatic N) is 3. The van der Waals surface area contributed by atoms with E-state index in [1.807, 2.05) is 43.3 Å². The van der Waals surface area contributed by atoms with Crippen molar-refractivity contribution in [3.63, 3.8) is 0 Å². The van der Waals surface area contributed by atoms with Crippen molar-refractivity contribution in [2.24, 2.45) is 5.73 Å². The molecule has 1 aliphatic carbocycles. The van der Waals surface area contributed by atoms with E-state index in [2.05, 4.69) is 9.69 Å². The molecule has 1 aromatic heterocycles. The van der Waals surface area contributed by atoms with Crippen molar-refractivity contribution in [1.29, 1.82) is 0 Å². The summed E-state index contributed by atoms with van der Waals surface area (Å²) in [5, 5.41) is 3.18. The highest BCUT2D eigenvalue weighted by atomic mass is 32.1.